The smallest absolute Gasteiger partial charge is 0.322 e. The van der Waals surface area contributed by atoms with Crippen LogP contribution in [0.5, 0.6) is 0 Å². The van der Waals surface area contributed by atoms with Gasteiger partial charge in [0.2, 0.25) is 0 Å². The molecule has 0 bridgehead atoms. The summed E-state index contributed by atoms with van der Waals surface area (Å²) in [5, 5.41) is 12.2. The minimum Gasteiger partial charge on any atom is -0.480 e. The first kappa shape index (κ1) is 13.3. The zero-order valence-corrected chi connectivity index (χ0v) is 10.5. The SMILES string of the molecule is O=C(O)C1CNCCN1Cc1cccc(Cl)c1F. The molecule has 0 saturated carbocycles. The summed E-state index contributed by atoms with van der Waals surface area (Å²) < 4.78 is 13.8. The number of aliphatic carboxylic acids is 1. The van der Waals surface area contributed by atoms with Crippen LogP contribution in [0.2, 0.25) is 5.02 Å². The molecule has 1 unspecified atom stereocenters. The summed E-state index contributed by atoms with van der Waals surface area (Å²) in [7, 11) is 0. The van der Waals surface area contributed by atoms with Crippen molar-refractivity contribution in [2.45, 2.75) is 12.6 Å². The molecule has 1 aromatic rings. The van der Waals surface area contributed by atoms with Crippen LogP contribution in [0.15, 0.2) is 18.2 Å². The van der Waals surface area contributed by atoms with Crippen LogP contribution in [0.1, 0.15) is 5.56 Å². The third-order valence-electron chi connectivity index (χ3n) is 3.04. The van der Waals surface area contributed by atoms with E-state index in [0.29, 0.717) is 25.2 Å². The van der Waals surface area contributed by atoms with Crippen molar-refractivity contribution in [2.75, 3.05) is 19.6 Å². The van der Waals surface area contributed by atoms with E-state index in [0.717, 1.165) is 0 Å². The van der Waals surface area contributed by atoms with E-state index >= 15 is 0 Å². The molecule has 0 aliphatic carbocycles. The first-order valence-electron chi connectivity index (χ1n) is 5.70. The van der Waals surface area contributed by atoms with E-state index in [4.69, 9.17) is 16.7 Å². The Kier molecular flexibility index (Phi) is 4.16. The molecular formula is C12H14ClFN2O2. The third kappa shape index (κ3) is 2.80. The minimum atomic E-state index is -0.898. The summed E-state index contributed by atoms with van der Waals surface area (Å²) in [6, 6.07) is 4.14. The van der Waals surface area contributed by atoms with Crippen LogP contribution in [0.4, 0.5) is 4.39 Å². The van der Waals surface area contributed by atoms with Crippen molar-refractivity contribution >= 4 is 17.6 Å². The second-order valence-electron chi connectivity index (χ2n) is 4.24. The molecule has 1 aliphatic heterocycles. The maximum Gasteiger partial charge on any atom is 0.322 e. The number of carboxylic acid groups (broad SMARTS) is 1. The Morgan fingerprint density at radius 2 is 2.39 bits per heavy atom. The van der Waals surface area contributed by atoms with E-state index in [9.17, 15) is 9.18 Å². The second kappa shape index (κ2) is 5.65. The number of nitrogens with one attached hydrogen (secondary N) is 1. The van der Waals surface area contributed by atoms with Gasteiger partial charge in [-0.1, -0.05) is 23.7 Å². The van der Waals surface area contributed by atoms with Crippen LogP contribution in [0, 0.1) is 5.82 Å². The molecule has 0 radical (unpaired) electrons. The van der Waals surface area contributed by atoms with Gasteiger partial charge in [-0.2, -0.15) is 0 Å². The first-order valence-corrected chi connectivity index (χ1v) is 6.08. The summed E-state index contributed by atoms with van der Waals surface area (Å²) in [4.78, 5) is 12.8. The standard InChI is InChI=1S/C12H14ClFN2O2/c13-9-3-1-2-8(11(9)14)7-16-5-4-15-6-10(16)12(17)18/h1-3,10,15H,4-7H2,(H,17,18). The molecule has 2 rings (SSSR count). The number of nitrogens with zero attached hydrogens (tertiary/aromatic N) is 1. The van der Waals surface area contributed by atoms with Crippen LogP contribution in [0.25, 0.3) is 0 Å². The number of halogens is 2. The van der Waals surface area contributed by atoms with E-state index in [1.165, 1.54) is 6.07 Å². The molecule has 1 saturated heterocycles. The van der Waals surface area contributed by atoms with Crippen LogP contribution in [0.3, 0.4) is 0 Å². The van der Waals surface area contributed by atoms with Crippen molar-refractivity contribution in [3.63, 3.8) is 0 Å². The number of carbonyl (C=O) groups is 1. The average molecular weight is 273 g/mol. The molecule has 0 amide bonds. The quantitative estimate of drug-likeness (QED) is 0.872. The average Bonchev–Trinajstić information content (AvgIpc) is 2.35. The Bertz CT molecular complexity index is 456. The van der Waals surface area contributed by atoms with E-state index in [-0.39, 0.29) is 11.6 Å². The topological polar surface area (TPSA) is 52.6 Å². The van der Waals surface area contributed by atoms with Gasteiger partial charge in [0.05, 0.1) is 5.02 Å². The molecule has 1 atom stereocenters. The monoisotopic (exact) mass is 272 g/mol. The predicted molar refractivity (Wildman–Crippen MR) is 66.1 cm³/mol. The molecule has 1 aromatic carbocycles. The summed E-state index contributed by atoms with van der Waals surface area (Å²) in [6.45, 7) is 1.90. The van der Waals surface area contributed by atoms with Crippen molar-refractivity contribution in [2.24, 2.45) is 0 Å². The molecule has 98 valence electrons. The Morgan fingerprint density at radius 3 is 3.11 bits per heavy atom. The fourth-order valence-electron chi connectivity index (χ4n) is 2.07. The third-order valence-corrected chi connectivity index (χ3v) is 3.34. The molecule has 4 nitrogen and oxygen atoms in total. The number of piperazine rings is 1. The number of benzene rings is 1. The van der Waals surface area contributed by atoms with Gasteiger partial charge >= 0.3 is 5.97 Å². The lowest BCUT2D eigenvalue weighted by atomic mass is 10.1. The highest BCUT2D eigenvalue weighted by atomic mass is 35.5. The predicted octanol–water partition coefficient (Wildman–Crippen LogP) is 1.34. The molecule has 1 fully saturated rings. The maximum atomic E-state index is 13.8. The number of hydrogen-bond donors (Lipinski definition) is 2. The van der Waals surface area contributed by atoms with Crippen molar-refractivity contribution in [3.05, 3.63) is 34.6 Å². The maximum absolute atomic E-state index is 13.8. The van der Waals surface area contributed by atoms with Gasteiger partial charge in [0.1, 0.15) is 11.9 Å². The zero-order chi connectivity index (χ0) is 13.1. The fraction of sp³-hybridized carbons (Fsp3) is 0.417. The van der Waals surface area contributed by atoms with Crippen LogP contribution < -0.4 is 5.32 Å². The van der Waals surface area contributed by atoms with Gasteiger partial charge in [-0.3, -0.25) is 9.69 Å². The molecular weight excluding hydrogens is 259 g/mol. The van der Waals surface area contributed by atoms with Gasteiger partial charge < -0.3 is 10.4 Å². The summed E-state index contributed by atoms with van der Waals surface area (Å²) in [6.07, 6.45) is 0. The minimum absolute atomic E-state index is 0.0644. The summed E-state index contributed by atoms with van der Waals surface area (Å²) >= 11 is 5.71. The molecule has 6 heteroatoms. The van der Waals surface area contributed by atoms with Crippen LogP contribution in [-0.4, -0.2) is 41.7 Å². The molecule has 1 heterocycles. The fourth-order valence-corrected chi connectivity index (χ4v) is 2.26. The van der Waals surface area contributed by atoms with Crippen molar-refractivity contribution in [1.29, 1.82) is 0 Å². The molecule has 18 heavy (non-hydrogen) atoms. The molecule has 1 aliphatic rings. The highest BCUT2D eigenvalue weighted by molar-refractivity contribution is 6.30. The number of hydrogen-bond acceptors (Lipinski definition) is 3. The molecule has 0 spiro atoms. The van der Waals surface area contributed by atoms with E-state index in [2.05, 4.69) is 5.32 Å². The van der Waals surface area contributed by atoms with E-state index in [1.54, 1.807) is 17.0 Å². The lowest BCUT2D eigenvalue weighted by molar-refractivity contribution is -0.144. The zero-order valence-electron chi connectivity index (χ0n) is 9.70. The lowest BCUT2D eigenvalue weighted by Gasteiger charge is -2.33. The highest BCUT2D eigenvalue weighted by Crippen LogP contribution is 2.20. The molecule has 2 N–H and O–H groups in total. The number of carboxylic acids is 1. The number of rotatable bonds is 3. The van der Waals surface area contributed by atoms with Gasteiger partial charge in [0.25, 0.3) is 0 Å². The van der Waals surface area contributed by atoms with Crippen molar-refractivity contribution in [1.82, 2.24) is 10.2 Å². The van der Waals surface area contributed by atoms with Crippen LogP contribution in [-0.2, 0) is 11.3 Å². The van der Waals surface area contributed by atoms with Crippen molar-refractivity contribution in [3.8, 4) is 0 Å². The summed E-state index contributed by atoms with van der Waals surface area (Å²) in [5.41, 5.74) is 0.427. The summed E-state index contributed by atoms with van der Waals surface area (Å²) in [5.74, 6) is -1.37. The second-order valence-corrected chi connectivity index (χ2v) is 4.65. The Hall–Kier alpha value is -1.17. The van der Waals surface area contributed by atoms with E-state index < -0.39 is 17.8 Å². The lowest BCUT2D eigenvalue weighted by Crippen LogP contribution is -2.54. The Balaban J connectivity index is 2.16. The van der Waals surface area contributed by atoms with Gasteiger partial charge in [-0.15, -0.1) is 0 Å². The molecule has 0 aromatic heterocycles. The van der Waals surface area contributed by atoms with Crippen molar-refractivity contribution < 1.29 is 14.3 Å². The first-order chi connectivity index (χ1) is 8.59. The van der Waals surface area contributed by atoms with Gasteiger partial charge in [-0.25, -0.2) is 4.39 Å². The normalized spacial score (nSPS) is 20.9. The highest BCUT2D eigenvalue weighted by Gasteiger charge is 2.28. The van der Waals surface area contributed by atoms with Gasteiger partial charge in [-0.05, 0) is 6.07 Å². The Morgan fingerprint density at radius 1 is 1.61 bits per heavy atom. The van der Waals surface area contributed by atoms with Gasteiger partial charge in [0.15, 0.2) is 0 Å². The van der Waals surface area contributed by atoms with Gasteiger partial charge in [0, 0.05) is 31.7 Å². The largest absolute Gasteiger partial charge is 0.480 e. The Labute approximate surface area is 109 Å². The van der Waals surface area contributed by atoms with Crippen LogP contribution >= 0.6 is 11.6 Å². The van der Waals surface area contributed by atoms with E-state index in [1.807, 2.05) is 0 Å².